The summed E-state index contributed by atoms with van der Waals surface area (Å²) in [7, 11) is 0. The lowest BCUT2D eigenvalue weighted by Crippen LogP contribution is -2.55. The van der Waals surface area contributed by atoms with Gasteiger partial charge in [0.25, 0.3) is 11.8 Å². The summed E-state index contributed by atoms with van der Waals surface area (Å²) in [6.45, 7) is 10.7. The third-order valence-electron chi connectivity index (χ3n) is 3.93. The molecule has 6 nitrogen and oxygen atoms in total. The molecule has 0 aliphatic heterocycles. The number of nitrogens with one attached hydrogen (secondary N) is 1. The quantitative estimate of drug-likeness (QED) is 0.369. The predicted molar refractivity (Wildman–Crippen MR) is 129 cm³/mol. The largest absolute Gasteiger partial charge is 0.427 e. The van der Waals surface area contributed by atoms with Crippen LogP contribution in [0.15, 0.2) is 42.5 Å². The molecule has 0 radical (unpaired) electrons. The van der Waals surface area contributed by atoms with E-state index in [0.717, 1.165) is 11.1 Å². The van der Waals surface area contributed by atoms with E-state index in [9.17, 15) is 14.4 Å². The first-order valence-electron chi connectivity index (χ1n) is 8.99. The number of benzene rings is 2. The first-order chi connectivity index (χ1) is 13.0. The molecule has 0 spiro atoms. The van der Waals surface area contributed by atoms with E-state index < -0.39 is 17.4 Å². The summed E-state index contributed by atoms with van der Waals surface area (Å²) >= 11 is 0. The Balaban J connectivity index is 0. The van der Waals surface area contributed by atoms with Gasteiger partial charge in [-0.1, -0.05) is 17.2 Å². The van der Waals surface area contributed by atoms with Gasteiger partial charge in [0.15, 0.2) is 0 Å². The van der Waals surface area contributed by atoms with Gasteiger partial charge in [-0.2, -0.15) is 0 Å². The molecule has 2 amide bonds. The van der Waals surface area contributed by atoms with Crippen molar-refractivity contribution < 1.29 is 19.1 Å². The SMILES string of the molecule is CC(=O)Oc1ccc(C(=O)NN(C(=O)c2cc(C)cc(C)c2)C(C)(C)C)cc1.Cl.Cl.Cl. The first-order valence-corrected chi connectivity index (χ1v) is 8.99. The maximum atomic E-state index is 13.1. The van der Waals surface area contributed by atoms with Gasteiger partial charge in [0.05, 0.1) is 5.54 Å². The van der Waals surface area contributed by atoms with Gasteiger partial charge in [0, 0.05) is 18.1 Å². The Morgan fingerprint density at radius 3 is 1.74 bits per heavy atom. The van der Waals surface area contributed by atoms with Crippen LogP contribution in [0.3, 0.4) is 0 Å². The average Bonchev–Trinajstić information content (AvgIpc) is 2.57. The van der Waals surface area contributed by atoms with Gasteiger partial charge in [-0.15, -0.1) is 37.2 Å². The van der Waals surface area contributed by atoms with Crippen molar-refractivity contribution in [3.05, 3.63) is 64.7 Å². The van der Waals surface area contributed by atoms with Crippen LogP contribution in [-0.4, -0.2) is 28.3 Å². The minimum atomic E-state index is -0.637. The van der Waals surface area contributed by atoms with Crippen LogP contribution in [0.4, 0.5) is 0 Å². The Bertz CT molecular complexity index is 890. The van der Waals surface area contributed by atoms with Gasteiger partial charge in [0.1, 0.15) is 5.75 Å². The Kier molecular flexibility index (Phi) is 12.5. The summed E-state index contributed by atoms with van der Waals surface area (Å²) in [5, 5.41) is 1.34. The number of carbonyl (C=O) groups is 3. The number of rotatable bonds is 3. The van der Waals surface area contributed by atoms with Crippen LogP contribution in [0.25, 0.3) is 0 Å². The van der Waals surface area contributed by atoms with E-state index >= 15 is 0 Å². The Morgan fingerprint density at radius 2 is 1.32 bits per heavy atom. The Morgan fingerprint density at radius 1 is 0.839 bits per heavy atom. The summed E-state index contributed by atoms with van der Waals surface area (Å²) in [5.74, 6) is -0.801. The van der Waals surface area contributed by atoms with E-state index in [1.54, 1.807) is 12.1 Å². The molecular formula is C22H29Cl3N2O4. The lowest BCUT2D eigenvalue weighted by molar-refractivity contribution is -0.131. The molecule has 9 heteroatoms. The fourth-order valence-electron chi connectivity index (χ4n) is 2.76. The van der Waals surface area contributed by atoms with Crippen LogP contribution in [0.5, 0.6) is 5.75 Å². The van der Waals surface area contributed by atoms with Crippen LogP contribution in [0.2, 0.25) is 0 Å². The standard InChI is InChI=1S/C22H26N2O4.3ClH/c1-14-11-15(2)13-18(12-14)21(27)24(22(4,5)6)23-20(26)17-7-9-19(10-8-17)28-16(3)25;;;/h7-13H,1-6H3,(H,23,26);3*1H. The monoisotopic (exact) mass is 490 g/mol. The molecular weight excluding hydrogens is 463 g/mol. The second-order valence-corrected chi connectivity index (χ2v) is 7.75. The predicted octanol–water partition coefficient (Wildman–Crippen LogP) is 5.08. The van der Waals surface area contributed by atoms with Crippen LogP contribution >= 0.6 is 37.2 Å². The molecule has 0 aliphatic carbocycles. The minimum absolute atomic E-state index is 0. The van der Waals surface area contributed by atoms with E-state index in [4.69, 9.17) is 4.74 Å². The zero-order valence-electron chi connectivity index (χ0n) is 18.3. The smallest absolute Gasteiger partial charge is 0.308 e. The third-order valence-corrected chi connectivity index (χ3v) is 3.93. The summed E-state index contributed by atoms with van der Waals surface area (Å²) in [5.41, 5.74) is 4.88. The summed E-state index contributed by atoms with van der Waals surface area (Å²) in [6.07, 6.45) is 0. The van der Waals surface area contributed by atoms with Gasteiger partial charge in [-0.25, -0.2) is 5.01 Å². The van der Waals surface area contributed by atoms with Crippen LogP contribution in [-0.2, 0) is 4.79 Å². The van der Waals surface area contributed by atoms with Crippen molar-refractivity contribution in [2.75, 3.05) is 0 Å². The number of ether oxygens (including phenoxy) is 1. The summed E-state index contributed by atoms with van der Waals surface area (Å²) < 4.78 is 4.97. The van der Waals surface area contributed by atoms with Gasteiger partial charge in [0.2, 0.25) is 0 Å². The maximum absolute atomic E-state index is 13.1. The highest BCUT2D eigenvalue weighted by Gasteiger charge is 2.29. The number of halogens is 3. The van der Waals surface area contributed by atoms with E-state index in [1.165, 1.54) is 36.2 Å². The molecule has 0 heterocycles. The lowest BCUT2D eigenvalue weighted by Gasteiger charge is -2.35. The molecule has 2 aromatic rings. The maximum Gasteiger partial charge on any atom is 0.308 e. The fraction of sp³-hybridized carbons (Fsp3) is 0.318. The topological polar surface area (TPSA) is 75.7 Å². The number of hydrazine groups is 1. The fourth-order valence-corrected chi connectivity index (χ4v) is 2.76. The number of amides is 2. The minimum Gasteiger partial charge on any atom is -0.427 e. The van der Waals surface area contributed by atoms with Gasteiger partial charge < -0.3 is 4.74 Å². The molecule has 0 bridgehead atoms. The van der Waals surface area contributed by atoms with E-state index in [1.807, 2.05) is 40.7 Å². The number of nitrogens with zero attached hydrogens (tertiary/aromatic N) is 1. The molecule has 0 aromatic heterocycles. The Labute approximate surface area is 201 Å². The van der Waals surface area contributed by atoms with Crippen LogP contribution in [0, 0.1) is 13.8 Å². The second-order valence-electron chi connectivity index (χ2n) is 7.75. The molecule has 1 N–H and O–H groups in total. The van der Waals surface area contributed by atoms with E-state index in [2.05, 4.69) is 5.43 Å². The molecule has 0 unspecified atom stereocenters. The highest BCUT2D eigenvalue weighted by Crippen LogP contribution is 2.19. The third kappa shape index (κ3) is 8.77. The molecule has 0 fully saturated rings. The summed E-state index contributed by atoms with van der Waals surface area (Å²) in [4.78, 5) is 36.8. The van der Waals surface area contributed by atoms with E-state index in [0.29, 0.717) is 16.9 Å². The van der Waals surface area contributed by atoms with Crippen molar-refractivity contribution in [3.8, 4) is 5.75 Å². The molecule has 2 aromatic carbocycles. The van der Waals surface area contributed by atoms with Crippen molar-refractivity contribution in [3.63, 3.8) is 0 Å². The van der Waals surface area contributed by atoms with Gasteiger partial charge in [-0.3, -0.25) is 19.8 Å². The van der Waals surface area contributed by atoms with Crippen molar-refractivity contribution in [2.24, 2.45) is 0 Å². The number of hydrogen-bond acceptors (Lipinski definition) is 4. The Hall–Kier alpha value is -2.28. The van der Waals surface area contributed by atoms with Gasteiger partial charge in [-0.05, 0) is 71.0 Å². The zero-order valence-corrected chi connectivity index (χ0v) is 20.8. The van der Waals surface area contributed by atoms with Gasteiger partial charge >= 0.3 is 5.97 Å². The average molecular weight is 492 g/mol. The van der Waals surface area contributed by atoms with Crippen molar-refractivity contribution >= 4 is 55.0 Å². The summed E-state index contributed by atoms with van der Waals surface area (Å²) in [6, 6.07) is 11.7. The molecule has 0 atom stereocenters. The van der Waals surface area contributed by atoms with Crippen LogP contribution < -0.4 is 10.2 Å². The number of hydrogen-bond donors (Lipinski definition) is 1. The lowest BCUT2D eigenvalue weighted by atomic mass is 10.0. The molecule has 2 rings (SSSR count). The highest BCUT2D eigenvalue weighted by atomic mass is 35.5. The number of esters is 1. The zero-order chi connectivity index (χ0) is 21.1. The van der Waals surface area contributed by atoms with Crippen molar-refractivity contribution in [1.82, 2.24) is 10.4 Å². The number of carbonyl (C=O) groups excluding carboxylic acids is 3. The van der Waals surface area contributed by atoms with Crippen molar-refractivity contribution in [2.45, 2.75) is 47.1 Å². The molecule has 31 heavy (non-hydrogen) atoms. The first kappa shape index (κ1) is 30.9. The van der Waals surface area contributed by atoms with Crippen LogP contribution in [0.1, 0.15) is 59.5 Å². The van der Waals surface area contributed by atoms with Crippen molar-refractivity contribution in [1.29, 1.82) is 0 Å². The highest BCUT2D eigenvalue weighted by molar-refractivity contribution is 5.99. The molecule has 172 valence electrons. The molecule has 0 aliphatic rings. The molecule has 0 saturated heterocycles. The normalized spacial score (nSPS) is 9.87. The molecule has 0 saturated carbocycles. The second kappa shape index (κ2) is 12.5. The van der Waals surface area contributed by atoms with E-state index in [-0.39, 0.29) is 43.1 Å². The number of aryl methyl sites for hydroxylation is 2.